The molecule has 2 aromatic rings. The molecule has 0 spiro atoms. The smallest absolute Gasteiger partial charge is 0.326 e. The van der Waals surface area contributed by atoms with E-state index in [0.29, 0.717) is 17.9 Å². The summed E-state index contributed by atoms with van der Waals surface area (Å²) in [6.45, 7) is 0. The summed E-state index contributed by atoms with van der Waals surface area (Å²) >= 11 is 0. The van der Waals surface area contributed by atoms with Gasteiger partial charge in [-0.1, -0.05) is 12.1 Å². The van der Waals surface area contributed by atoms with Crippen LogP contribution < -0.4 is 16.6 Å². The molecule has 32 heavy (non-hydrogen) atoms. The number of carboxylic acid groups (broad SMARTS) is 2. The quantitative estimate of drug-likeness (QED) is 0.364. The third-order valence-corrected chi connectivity index (χ3v) is 5.64. The summed E-state index contributed by atoms with van der Waals surface area (Å²) in [6, 6.07) is 5.62. The molecular weight excluding hydrogens is 416 g/mol. The summed E-state index contributed by atoms with van der Waals surface area (Å²) in [5, 5.41) is 20.2. The number of fused-ring (bicyclic) bond motifs is 1. The summed E-state index contributed by atoms with van der Waals surface area (Å²) in [5.41, 5.74) is 8.31. The topological polar surface area (TPSA) is 175 Å². The highest BCUT2D eigenvalue weighted by Gasteiger charge is 2.25. The Morgan fingerprint density at radius 3 is 2.56 bits per heavy atom. The maximum Gasteiger partial charge on any atom is 0.326 e. The number of hydrogen-bond donors (Lipinski definition) is 5. The third kappa shape index (κ3) is 5.93. The number of nitrogens with zero attached hydrogens (tertiary/aromatic N) is 1. The number of aryl methyl sites for hydroxylation is 1. The van der Waals surface area contributed by atoms with Crippen LogP contribution in [0.4, 0.5) is 5.95 Å². The first-order valence-electron chi connectivity index (χ1n) is 10.4. The van der Waals surface area contributed by atoms with Crippen molar-refractivity contribution >= 4 is 23.8 Å². The second kappa shape index (κ2) is 10.1. The van der Waals surface area contributed by atoms with Crippen LogP contribution in [0, 0.1) is 5.92 Å². The van der Waals surface area contributed by atoms with Gasteiger partial charge >= 0.3 is 11.9 Å². The van der Waals surface area contributed by atoms with Gasteiger partial charge in [0.05, 0.1) is 5.69 Å². The fourth-order valence-electron chi connectivity index (χ4n) is 3.97. The lowest BCUT2D eigenvalue weighted by Gasteiger charge is -2.14. The van der Waals surface area contributed by atoms with Gasteiger partial charge in [0.15, 0.2) is 0 Å². The van der Waals surface area contributed by atoms with Crippen LogP contribution in [0.15, 0.2) is 29.1 Å². The molecule has 0 bridgehead atoms. The predicted molar refractivity (Wildman–Crippen MR) is 115 cm³/mol. The van der Waals surface area contributed by atoms with Crippen molar-refractivity contribution in [3.8, 4) is 0 Å². The number of H-pyrrole nitrogens is 1. The highest BCUT2D eigenvalue weighted by atomic mass is 16.4. The van der Waals surface area contributed by atoms with Crippen LogP contribution in [-0.2, 0) is 28.9 Å². The van der Waals surface area contributed by atoms with Gasteiger partial charge in [-0.2, -0.15) is 0 Å². The summed E-state index contributed by atoms with van der Waals surface area (Å²) in [4.78, 5) is 52.9. The number of carboxylic acids is 2. The van der Waals surface area contributed by atoms with E-state index in [1.807, 2.05) is 12.1 Å². The van der Waals surface area contributed by atoms with Gasteiger partial charge in [0.25, 0.3) is 11.5 Å². The van der Waals surface area contributed by atoms with E-state index >= 15 is 0 Å². The number of aliphatic carboxylic acids is 2. The highest BCUT2D eigenvalue weighted by Crippen LogP contribution is 2.27. The van der Waals surface area contributed by atoms with Crippen molar-refractivity contribution in [2.75, 3.05) is 5.73 Å². The molecule has 1 amide bonds. The van der Waals surface area contributed by atoms with Crippen LogP contribution in [0.2, 0.25) is 0 Å². The van der Waals surface area contributed by atoms with Crippen molar-refractivity contribution in [2.45, 2.75) is 51.0 Å². The number of aromatic nitrogens is 2. The van der Waals surface area contributed by atoms with Crippen molar-refractivity contribution in [3.05, 3.63) is 57.0 Å². The Labute approximate surface area is 183 Å². The minimum absolute atomic E-state index is 0.148. The van der Waals surface area contributed by atoms with Crippen LogP contribution in [0.25, 0.3) is 0 Å². The Bertz CT molecular complexity index is 1060. The monoisotopic (exact) mass is 442 g/mol. The molecule has 1 aliphatic rings. The van der Waals surface area contributed by atoms with E-state index in [2.05, 4.69) is 15.3 Å². The molecule has 10 heteroatoms. The minimum atomic E-state index is -1.27. The predicted octanol–water partition coefficient (Wildman–Crippen LogP) is 1.14. The van der Waals surface area contributed by atoms with Crippen LogP contribution in [0.1, 0.15) is 52.9 Å². The van der Waals surface area contributed by atoms with E-state index in [9.17, 15) is 19.2 Å². The van der Waals surface area contributed by atoms with E-state index < -0.39 is 23.9 Å². The summed E-state index contributed by atoms with van der Waals surface area (Å²) in [6.07, 6.45) is 3.55. The van der Waals surface area contributed by atoms with Gasteiger partial charge in [-0.3, -0.25) is 19.4 Å². The van der Waals surface area contributed by atoms with Gasteiger partial charge in [0, 0.05) is 17.5 Å². The number of rotatable bonds is 10. The Kier molecular flexibility index (Phi) is 7.24. The Hall–Kier alpha value is -3.69. The van der Waals surface area contributed by atoms with Crippen LogP contribution >= 0.6 is 0 Å². The zero-order chi connectivity index (χ0) is 23.3. The minimum Gasteiger partial charge on any atom is -0.481 e. The van der Waals surface area contributed by atoms with E-state index in [-0.39, 0.29) is 24.3 Å². The number of carbonyl (C=O) groups excluding carboxylic acids is 1. The molecule has 1 unspecified atom stereocenters. The fourth-order valence-corrected chi connectivity index (χ4v) is 3.97. The van der Waals surface area contributed by atoms with Crippen molar-refractivity contribution in [2.24, 2.45) is 5.92 Å². The maximum absolute atomic E-state index is 12.3. The zero-order valence-corrected chi connectivity index (χ0v) is 17.5. The summed E-state index contributed by atoms with van der Waals surface area (Å²) in [7, 11) is 0. The van der Waals surface area contributed by atoms with Gasteiger partial charge < -0.3 is 21.3 Å². The van der Waals surface area contributed by atoms with E-state index in [0.717, 1.165) is 42.5 Å². The van der Waals surface area contributed by atoms with Gasteiger partial charge in [-0.05, 0) is 62.1 Å². The average molecular weight is 442 g/mol. The second-order valence-electron chi connectivity index (χ2n) is 8.04. The van der Waals surface area contributed by atoms with Crippen molar-refractivity contribution in [1.82, 2.24) is 15.3 Å². The number of nitrogens with one attached hydrogen (secondary N) is 2. The summed E-state index contributed by atoms with van der Waals surface area (Å²) < 4.78 is 0. The summed E-state index contributed by atoms with van der Waals surface area (Å²) in [5.74, 6) is -2.46. The first kappa shape index (κ1) is 23.0. The number of nitrogens with two attached hydrogens (primary N) is 1. The zero-order valence-electron chi connectivity index (χ0n) is 17.5. The number of benzene rings is 1. The molecule has 0 aliphatic heterocycles. The SMILES string of the molecule is Nc1nc2c(c(=O)[nH]1)CC(CCCc1ccc(C(=O)N[C@@H](CCC(=O)O)C(=O)O)cc1)C2. The number of hydrogen-bond acceptors (Lipinski definition) is 6. The molecule has 0 radical (unpaired) electrons. The molecule has 0 fully saturated rings. The molecule has 3 rings (SSSR count). The largest absolute Gasteiger partial charge is 0.481 e. The van der Waals surface area contributed by atoms with Crippen molar-refractivity contribution in [3.63, 3.8) is 0 Å². The first-order chi connectivity index (χ1) is 15.2. The molecule has 0 saturated heterocycles. The van der Waals surface area contributed by atoms with E-state index in [1.54, 1.807) is 12.1 Å². The molecular formula is C22H26N4O6. The van der Waals surface area contributed by atoms with Crippen molar-refractivity contribution < 1.29 is 24.6 Å². The first-order valence-corrected chi connectivity index (χ1v) is 10.4. The van der Waals surface area contributed by atoms with Gasteiger partial charge in [-0.15, -0.1) is 0 Å². The molecule has 10 nitrogen and oxygen atoms in total. The molecule has 1 aliphatic carbocycles. The molecule has 1 heterocycles. The van der Waals surface area contributed by atoms with Gasteiger partial charge in [-0.25, -0.2) is 9.78 Å². The van der Waals surface area contributed by atoms with Crippen LogP contribution in [-0.4, -0.2) is 44.1 Å². The molecule has 1 aromatic carbocycles. The molecule has 170 valence electrons. The lowest BCUT2D eigenvalue weighted by molar-refractivity contribution is -0.140. The number of aromatic amines is 1. The number of anilines is 1. The molecule has 6 N–H and O–H groups in total. The standard InChI is InChI=1S/C22H26N4O6/c23-22-25-17-11-13(10-15(17)20(30)26-22)3-1-2-12-4-6-14(7-5-12)19(29)24-16(21(31)32)8-9-18(27)28/h4-7,13,16H,1-3,8-11H2,(H,24,29)(H,27,28)(H,31,32)(H3,23,25,26,30)/t13?,16-/m0/s1. The Balaban J connectivity index is 1.48. The fraction of sp³-hybridized carbons (Fsp3) is 0.409. The second-order valence-corrected chi connectivity index (χ2v) is 8.04. The molecule has 1 aromatic heterocycles. The lowest BCUT2D eigenvalue weighted by atomic mass is 9.97. The van der Waals surface area contributed by atoms with Crippen LogP contribution in [0.3, 0.4) is 0 Å². The van der Waals surface area contributed by atoms with Crippen molar-refractivity contribution in [1.29, 1.82) is 0 Å². The van der Waals surface area contributed by atoms with Gasteiger partial charge in [0.2, 0.25) is 5.95 Å². The van der Waals surface area contributed by atoms with E-state index in [1.165, 1.54) is 0 Å². The number of nitrogen functional groups attached to an aromatic ring is 1. The molecule has 2 atom stereocenters. The van der Waals surface area contributed by atoms with Crippen LogP contribution in [0.5, 0.6) is 0 Å². The number of carbonyl (C=O) groups is 3. The third-order valence-electron chi connectivity index (χ3n) is 5.64. The Morgan fingerprint density at radius 2 is 1.91 bits per heavy atom. The average Bonchev–Trinajstić information content (AvgIpc) is 3.14. The molecule has 0 saturated carbocycles. The Morgan fingerprint density at radius 1 is 1.19 bits per heavy atom. The lowest BCUT2D eigenvalue weighted by Crippen LogP contribution is -2.41. The maximum atomic E-state index is 12.3. The highest BCUT2D eigenvalue weighted by molar-refractivity contribution is 5.96. The van der Waals surface area contributed by atoms with E-state index in [4.69, 9.17) is 15.9 Å². The normalized spacial score (nSPS) is 15.7. The van der Waals surface area contributed by atoms with Gasteiger partial charge in [0.1, 0.15) is 6.04 Å². The number of amides is 1.